The number of carbonyl (C=O) groups excluding carboxylic acids is 1. The molecule has 1 amide bonds. The number of nitrogens with zero attached hydrogens (tertiary/aromatic N) is 2. The van der Waals surface area contributed by atoms with Gasteiger partial charge in [0.25, 0.3) is 0 Å². The van der Waals surface area contributed by atoms with Gasteiger partial charge in [0, 0.05) is 24.4 Å². The molecule has 1 heterocycles. The van der Waals surface area contributed by atoms with Crippen LogP contribution in [0.2, 0.25) is 5.02 Å². The Bertz CT molecular complexity index is 915. The van der Waals surface area contributed by atoms with E-state index in [2.05, 4.69) is 10.3 Å². The number of anilines is 1. The molecule has 0 saturated heterocycles. The molecule has 2 aromatic carbocycles. The average Bonchev–Trinajstić information content (AvgIpc) is 2.96. The van der Waals surface area contributed by atoms with E-state index in [9.17, 15) is 9.18 Å². The van der Waals surface area contributed by atoms with Crippen molar-refractivity contribution in [2.45, 2.75) is 11.7 Å². The lowest BCUT2D eigenvalue weighted by molar-refractivity contribution is -0.113. The second-order valence-electron chi connectivity index (χ2n) is 5.52. The summed E-state index contributed by atoms with van der Waals surface area (Å²) >= 11 is 7.37. The molecule has 1 N–H and O–H groups in total. The Morgan fingerprint density at radius 1 is 1.31 bits per heavy atom. The maximum atomic E-state index is 12.9. The van der Waals surface area contributed by atoms with E-state index in [1.165, 1.54) is 36.0 Å². The first-order valence-corrected chi connectivity index (χ1v) is 9.26. The van der Waals surface area contributed by atoms with Crippen LogP contribution in [0.5, 0.6) is 0 Å². The first kappa shape index (κ1) is 18.7. The van der Waals surface area contributed by atoms with Crippen LogP contribution in [0.25, 0.3) is 11.0 Å². The maximum Gasteiger partial charge on any atom is 0.234 e. The summed E-state index contributed by atoms with van der Waals surface area (Å²) in [5.41, 5.74) is 2.26. The highest BCUT2D eigenvalue weighted by atomic mass is 35.5. The molecule has 0 aliphatic rings. The molecule has 5 nitrogen and oxygen atoms in total. The molecule has 0 fully saturated rings. The lowest BCUT2D eigenvalue weighted by Gasteiger charge is -2.08. The van der Waals surface area contributed by atoms with E-state index in [1.54, 1.807) is 13.2 Å². The Kier molecular flexibility index (Phi) is 6.13. The van der Waals surface area contributed by atoms with Crippen molar-refractivity contribution in [1.29, 1.82) is 0 Å². The van der Waals surface area contributed by atoms with Crippen LogP contribution in [0, 0.1) is 5.82 Å². The number of hydrogen-bond donors (Lipinski definition) is 1. The molecule has 26 heavy (non-hydrogen) atoms. The minimum Gasteiger partial charge on any atom is -0.383 e. The molecule has 3 aromatic rings. The van der Waals surface area contributed by atoms with Crippen LogP contribution in [0.4, 0.5) is 10.1 Å². The number of halogens is 2. The summed E-state index contributed by atoms with van der Waals surface area (Å²) in [6.07, 6.45) is 0. The van der Waals surface area contributed by atoms with Gasteiger partial charge in [-0.2, -0.15) is 0 Å². The topological polar surface area (TPSA) is 56.1 Å². The lowest BCUT2D eigenvalue weighted by Crippen LogP contribution is -2.15. The van der Waals surface area contributed by atoms with Gasteiger partial charge in [0.15, 0.2) is 5.16 Å². The number of imidazole rings is 1. The Labute approximate surface area is 159 Å². The van der Waals surface area contributed by atoms with Crippen LogP contribution in [-0.4, -0.2) is 34.9 Å². The van der Waals surface area contributed by atoms with E-state index in [-0.39, 0.29) is 17.5 Å². The molecular formula is C18H17ClFN3O2S. The Morgan fingerprint density at radius 3 is 2.81 bits per heavy atom. The molecule has 0 unspecified atom stereocenters. The van der Waals surface area contributed by atoms with E-state index < -0.39 is 0 Å². The largest absolute Gasteiger partial charge is 0.383 e. The number of benzene rings is 2. The van der Waals surface area contributed by atoms with E-state index >= 15 is 0 Å². The monoisotopic (exact) mass is 393 g/mol. The summed E-state index contributed by atoms with van der Waals surface area (Å²) < 4.78 is 20.1. The number of aromatic nitrogens is 2. The van der Waals surface area contributed by atoms with Crippen molar-refractivity contribution in [3.8, 4) is 0 Å². The number of thioether (sulfide) groups is 1. The van der Waals surface area contributed by atoms with Gasteiger partial charge in [-0.3, -0.25) is 4.79 Å². The summed E-state index contributed by atoms with van der Waals surface area (Å²) in [5, 5.41) is 4.06. The molecule has 136 valence electrons. The summed E-state index contributed by atoms with van der Waals surface area (Å²) in [5.74, 6) is -0.352. The minimum absolute atomic E-state index is 0.182. The van der Waals surface area contributed by atoms with Crippen LogP contribution in [0.1, 0.15) is 0 Å². The number of fused-ring (bicyclic) bond motifs is 1. The van der Waals surface area contributed by atoms with Crippen molar-refractivity contribution < 1.29 is 13.9 Å². The van der Waals surface area contributed by atoms with Gasteiger partial charge in [-0.1, -0.05) is 23.4 Å². The van der Waals surface area contributed by atoms with Crippen LogP contribution in [0.15, 0.2) is 47.6 Å². The van der Waals surface area contributed by atoms with Gasteiger partial charge < -0.3 is 14.6 Å². The second-order valence-corrected chi connectivity index (χ2v) is 6.89. The van der Waals surface area contributed by atoms with Crippen LogP contribution in [-0.2, 0) is 16.1 Å². The summed E-state index contributed by atoms with van der Waals surface area (Å²) in [7, 11) is 1.64. The number of hydrogen-bond acceptors (Lipinski definition) is 4. The van der Waals surface area contributed by atoms with E-state index in [0.29, 0.717) is 29.0 Å². The van der Waals surface area contributed by atoms with Crippen LogP contribution >= 0.6 is 23.4 Å². The normalized spacial score (nSPS) is 11.0. The molecule has 0 radical (unpaired) electrons. The first-order valence-electron chi connectivity index (χ1n) is 7.90. The summed E-state index contributed by atoms with van der Waals surface area (Å²) in [4.78, 5) is 16.7. The number of carbonyl (C=O) groups is 1. The van der Waals surface area contributed by atoms with Gasteiger partial charge in [0.05, 0.1) is 23.4 Å². The zero-order valence-electron chi connectivity index (χ0n) is 14.0. The van der Waals surface area contributed by atoms with E-state index in [1.807, 2.05) is 16.7 Å². The number of methoxy groups -OCH3 is 1. The molecule has 0 spiro atoms. The number of ether oxygens (including phenoxy) is 1. The van der Waals surface area contributed by atoms with Gasteiger partial charge in [-0.15, -0.1) is 0 Å². The van der Waals surface area contributed by atoms with Gasteiger partial charge in [0.1, 0.15) is 5.82 Å². The van der Waals surface area contributed by atoms with Gasteiger partial charge in [-0.05, 0) is 42.5 Å². The Morgan fingerprint density at radius 2 is 2.08 bits per heavy atom. The van der Waals surface area contributed by atoms with Crippen LogP contribution < -0.4 is 5.32 Å². The highest BCUT2D eigenvalue weighted by molar-refractivity contribution is 7.99. The van der Waals surface area contributed by atoms with Crippen molar-refractivity contribution in [2.24, 2.45) is 0 Å². The first-order chi connectivity index (χ1) is 12.6. The van der Waals surface area contributed by atoms with Gasteiger partial charge in [-0.25, -0.2) is 9.37 Å². The molecule has 8 heteroatoms. The zero-order chi connectivity index (χ0) is 18.5. The molecule has 0 atom stereocenters. The van der Waals surface area contributed by atoms with Crippen molar-refractivity contribution in [3.63, 3.8) is 0 Å². The molecule has 1 aromatic heterocycles. The fourth-order valence-corrected chi connectivity index (χ4v) is 3.46. The number of rotatable bonds is 7. The molecular weight excluding hydrogens is 377 g/mol. The quantitative estimate of drug-likeness (QED) is 0.611. The predicted octanol–water partition coefficient (Wildman–Crippen LogP) is 4.21. The zero-order valence-corrected chi connectivity index (χ0v) is 15.6. The van der Waals surface area contributed by atoms with Gasteiger partial charge in [0.2, 0.25) is 5.91 Å². The molecule has 0 saturated carbocycles. The van der Waals surface area contributed by atoms with Crippen LogP contribution in [0.3, 0.4) is 0 Å². The number of amides is 1. The SMILES string of the molecule is COCCn1c(SCC(=O)Nc2ccc(F)cc2)nc2cc(Cl)ccc21. The molecule has 3 rings (SSSR count). The predicted molar refractivity (Wildman–Crippen MR) is 102 cm³/mol. The Hall–Kier alpha value is -2.09. The fourth-order valence-electron chi connectivity index (χ4n) is 2.45. The third kappa shape index (κ3) is 4.55. The smallest absolute Gasteiger partial charge is 0.234 e. The summed E-state index contributed by atoms with van der Waals surface area (Å²) in [6.45, 7) is 1.15. The molecule has 0 aliphatic heterocycles. The molecule has 0 aliphatic carbocycles. The third-order valence-corrected chi connectivity index (χ3v) is 4.87. The minimum atomic E-state index is -0.345. The maximum absolute atomic E-state index is 12.9. The summed E-state index contributed by atoms with van der Waals surface area (Å²) in [6, 6.07) is 11.2. The Balaban J connectivity index is 1.72. The van der Waals surface area contributed by atoms with E-state index in [4.69, 9.17) is 16.3 Å². The average molecular weight is 394 g/mol. The second kappa shape index (κ2) is 8.53. The van der Waals surface area contributed by atoms with Crippen molar-refractivity contribution in [3.05, 3.63) is 53.3 Å². The fraction of sp³-hybridized carbons (Fsp3) is 0.222. The third-order valence-electron chi connectivity index (χ3n) is 3.65. The molecule has 0 bridgehead atoms. The van der Waals surface area contributed by atoms with E-state index in [0.717, 1.165) is 11.0 Å². The van der Waals surface area contributed by atoms with Crippen molar-refractivity contribution in [1.82, 2.24) is 9.55 Å². The highest BCUT2D eigenvalue weighted by Gasteiger charge is 2.13. The van der Waals surface area contributed by atoms with Gasteiger partial charge >= 0.3 is 0 Å². The highest BCUT2D eigenvalue weighted by Crippen LogP contribution is 2.26. The van der Waals surface area contributed by atoms with Crippen molar-refractivity contribution >= 4 is 46.0 Å². The lowest BCUT2D eigenvalue weighted by atomic mass is 10.3. The number of nitrogens with one attached hydrogen (secondary N) is 1. The standard InChI is InChI=1S/C18H17ClFN3O2S/c1-25-9-8-23-16-7-2-12(19)10-15(16)22-18(23)26-11-17(24)21-14-5-3-13(20)4-6-14/h2-7,10H,8-9,11H2,1H3,(H,21,24). The van der Waals surface area contributed by atoms with Crippen molar-refractivity contribution in [2.75, 3.05) is 24.8 Å².